The molecule has 0 atom stereocenters. The molecular formula is C36H46Se2. The molecule has 0 bridgehead atoms. The van der Waals surface area contributed by atoms with Gasteiger partial charge in [-0.3, -0.25) is 0 Å². The average Bonchev–Trinajstić information content (AvgIpc) is 2.95. The first-order chi connectivity index (χ1) is 18.8. The first-order valence-corrected chi connectivity index (χ1v) is 20.7. The zero-order valence-electron chi connectivity index (χ0n) is 23.6. The van der Waals surface area contributed by atoms with Gasteiger partial charge in [0.05, 0.1) is 0 Å². The Morgan fingerprint density at radius 2 is 0.921 bits per heavy atom. The number of allylic oxidation sites excluding steroid dienone is 2. The molecule has 2 heteroatoms. The van der Waals surface area contributed by atoms with Crippen molar-refractivity contribution in [1.82, 2.24) is 0 Å². The molecule has 0 heterocycles. The van der Waals surface area contributed by atoms with E-state index in [9.17, 15) is 0 Å². The molecule has 38 heavy (non-hydrogen) atoms. The van der Waals surface area contributed by atoms with Crippen LogP contribution in [0.4, 0.5) is 0 Å². The van der Waals surface area contributed by atoms with Crippen molar-refractivity contribution in [3.63, 3.8) is 0 Å². The quantitative estimate of drug-likeness (QED) is 0.0929. The SMILES string of the molecule is CCCCCCCCC#C/C=C\c1ccccc1[Se][Se]c1ccccc1/C=C\C#CCCCCCCCC. The number of hydrogen-bond donors (Lipinski definition) is 0. The van der Waals surface area contributed by atoms with E-state index in [1.54, 1.807) is 0 Å². The van der Waals surface area contributed by atoms with E-state index in [0.29, 0.717) is 26.3 Å². The standard InChI is InChI=1S/C36H46Se2/c1-3-5-7-9-11-13-15-17-19-21-27-33-29-23-25-31-35(33)37-38-36-32-26-24-30-34(36)28-22-20-18-16-14-12-10-8-6-4-2/h21-32H,3-16H2,1-2H3/b27-21-,28-22-. The fourth-order valence-electron chi connectivity index (χ4n) is 3.99. The van der Waals surface area contributed by atoms with E-state index in [1.165, 1.54) is 97.1 Å². The average molecular weight is 637 g/mol. The summed E-state index contributed by atoms with van der Waals surface area (Å²) in [7, 11) is 0. The predicted octanol–water partition coefficient (Wildman–Crippen LogP) is 8.50. The van der Waals surface area contributed by atoms with Crippen molar-refractivity contribution in [3.05, 3.63) is 71.8 Å². The fraction of sp³-hybridized carbons (Fsp3) is 0.444. The third-order valence-electron chi connectivity index (χ3n) is 6.27. The van der Waals surface area contributed by atoms with Crippen molar-refractivity contribution in [2.24, 2.45) is 0 Å². The molecule has 0 aliphatic heterocycles. The molecule has 0 aliphatic carbocycles. The Kier molecular flexibility index (Phi) is 19.6. The molecule has 0 saturated heterocycles. The summed E-state index contributed by atoms with van der Waals surface area (Å²) >= 11 is 0.848. The second-order valence-corrected chi connectivity index (χ2v) is 15.8. The second-order valence-electron chi connectivity index (χ2n) is 9.59. The Morgan fingerprint density at radius 1 is 0.526 bits per heavy atom. The van der Waals surface area contributed by atoms with Crippen LogP contribution in [0.5, 0.6) is 0 Å². The number of hydrogen-bond acceptors (Lipinski definition) is 0. The summed E-state index contributed by atoms with van der Waals surface area (Å²) in [6.07, 6.45) is 26.4. The van der Waals surface area contributed by atoms with Gasteiger partial charge in [0.2, 0.25) is 0 Å². The second kappa shape index (κ2) is 23.0. The van der Waals surface area contributed by atoms with Crippen LogP contribution in [0.3, 0.4) is 0 Å². The molecule has 2 aromatic carbocycles. The zero-order valence-corrected chi connectivity index (χ0v) is 27.1. The van der Waals surface area contributed by atoms with Crippen LogP contribution in [0, 0.1) is 23.7 Å². The van der Waals surface area contributed by atoms with Gasteiger partial charge in [-0.1, -0.05) is 26.7 Å². The molecule has 2 rings (SSSR count). The molecule has 0 spiro atoms. The van der Waals surface area contributed by atoms with E-state index in [1.807, 2.05) is 12.2 Å². The Bertz CT molecular complexity index is 984. The van der Waals surface area contributed by atoms with Crippen molar-refractivity contribution < 1.29 is 0 Å². The summed E-state index contributed by atoms with van der Waals surface area (Å²) in [5.41, 5.74) is 2.63. The van der Waals surface area contributed by atoms with E-state index in [4.69, 9.17) is 0 Å². The molecule has 202 valence electrons. The molecule has 0 unspecified atom stereocenters. The summed E-state index contributed by atoms with van der Waals surface area (Å²) < 4.78 is 2.93. The normalized spacial score (nSPS) is 10.9. The molecule has 0 aromatic heterocycles. The maximum atomic E-state index is 3.33. The summed E-state index contributed by atoms with van der Waals surface area (Å²) in [4.78, 5) is 0. The number of unbranched alkanes of at least 4 members (excludes halogenated alkanes) is 12. The molecule has 0 saturated carbocycles. The van der Waals surface area contributed by atoms with Crippen molar-refractivity contribution in [2.45, 2.75) is 104 Å². The maximum absolute atomic E-state index is 3.33. The van der Waals surface area contributed by atoms with Gasteiger partial charge in [0.15, 0.2) is 0 Å². The van der Waals surface area contributed by atoms with Crippen LogP contribution in [0.2, 0.25) is 0 Å². The van der Waals surface area contributed by atoms with Crippen LogP contribution in [-0.2, 0) is 0 Å². The van der Waals surface area contributed by atoms with Crippen LogP contribution in [0.1, 0.15) is 115 Å². The first kappa shape index (κ1) is 32.3. The molecule has 0 radical (unpaired) electrons. The summed E-state index contributed by atoms with van der Waals surface area (Å²) in [6.45, 7) is 4.54. The predicted molar refractivity (Wildman–Crippen MR) is 173 cm³/mol. The van der Waals surface area contributed by atoms with Crippen LogP contribution in [0.15, 0.2) is 60.7 Å². The van der Waals surface area contributed by atoms with Gasteiger partial charge in [0.25, 0.3) is 0 Å². The summed E-state index contributed by atoms with van der Waals surface area (Å²) in [6, 6.07) is 17.6. The smallest absolute Gasteiger partial charge is 0.0654 e. The Labute approximate surface area is 245 Å². The van der Waals surface area contributed by atoms with Gasteiger partial charge in [0, 0.05) is 0 Å². The van der Waals surface area contributed by atoms with Crippen LogP contribution in [0.25, 0.3) is 12.2 Å². The molecule has 0 N–H and O–H groups in total. The van der Waals surface area contributed by atoms with Crippen LogP contribution < -0.4 is 8.92 Å². The minimum Gasteiger partial charge on any atom is -0.0654 e. The Morgan fingerprint density at radius 3 is 1.37 bits per heavy atom. The molecular weight excluding hydrogens is 590 g/mol. The van der Waals surface area contributed by atoms with Crippen molar-refractivity contribution in [2.75, 3.05) is 0 Å². The van der Waals surface area contributed by atoms with E-state index < -0.39 is 0 Å². The topological polar surface area (TPSA) is 0 Å². The van der Waals surface area contributed by atoms with Crippen LogP contribution >= 0.6 is 0 Å². The minimum absolute atomic E-state index is 0.424. The van der Waals surface area contributed by atoms with E-state index in [-0.39, 0.29) is 0 Å². The van der Waals surface area contributed by atoms with Crippen molar-refractivity contribution in [1.29, 1.82) is 0 Å². The summed E-state index contributed by atoms with van der Waals surface area (Å²) in [5.74, 6) is 13.2. The zero-order chi connectivity index (χ0) is 26.9. The minimum atomic E-state index is 0.424. The fourth-order valence-corrected chi connectivity index (χ4v) is 11.2. The van der Waals surface area contributed by atoms with Crippen LogP contribution in [-0.4, -0.2) is 26.3 Å². The van der Waals surface area contributed by atoms with Gasteiger partial charge in [-0.2, -0.15) is 0 Å². The van der Waals surface area contributed by atoms with Gasteiger partial charge >= 0.3 is 220 Å². The number of benzene rings is 2. The summed E-state index contributed by atoms with van der Waals surface area (Å²) in [5, 5.41) is 0. The Balaban J connectivity index is 1.82. The monoisotopic (exact) mass is 638 g/mol. The van der Waals surface area contributed by atoms with Gasteiger partial charge in [-0.25, -0.2) is 0 Å². The molecule has 0 aliphatic rings. The van der Waals surface area contributed by atoms with E-state index in [0.717, 1.165) is 12.8 Å². The molecule has 0 fully saturated rings. The molecule has 2 aromatic rings. The molecule has 0 amide bonds. The van der Waals surface area contributed by atoms with Gasteiger partial charge in [0.1, 0.15) is 0 Å². The molecule has 0 nitrogen and oxygen atoms in total. The Hall–Kier alpha value is -1.92. The van der Waals surface area contributed by atoms with Gasteiger partial charge in [-0.05, 0) is 0 Å². The first-order valence-electron chi connectivity index (χ1n) is 14.7. The van der Waals surface area contributed by atoms with Gasteiger partial charge in [-0.15, -0.1) is 0 Å². The third kappa shape index (κ3) is 15.5. The van der Waals surface area contributed by atoms with Crippen molar-refractivity contribution >= 4 is 47.3 Å². The number of rotatable bonds is 17. The van der Waals surface area contributed by atoms with E-state index >= 15 is 0 Å². The third-order valence-corrected chi connectivity index (χ3v) is 13.6. The van der Waals surface area contributed by atoms with Gasteiger partial charge < -0.3 is 0 Å². The van der Waals surface area contributed by atoms with E-state index in [2.05, 4.69) is 98.2 Å². The van der Waals surface area contributed by atoms with Crippen molar-refractivity contribution in [3.8, 4) is 23.7 Å².